The highest BCUT2D eigenvalue weighted by Crippen LogP contribution is 2.36. The van der Waals surface area contributed by atoms with Crippen LogP contribution in [0.5, 0.6) is 0 Å². The topological polar surface area (TPSA) is 34.5 Å². The van der Waals surface area contributed by atoms with Crippen molar-refractivity contribution >= 4 is 32.9 Å². The third-order valence-electron chi connectivity index (χ3n) is 4.26. The highest BCUT2D eigenvalue weighted by atomic mass is 79.9. The Morgan fingerprint density at radius 3 is 2.74 bits per heavy atom. The van der Waals surface area contributed by atoms with Crippen LogP contribution in [0.2, 0.25) is 0 Å². The van der Waals surface area contributed by atoms with E-state index < -0.39 is 5.60 Å². The van der Waals surface area contributed by atoms with Crippen LogP contribution in [0.4, 0.5) is 4.79 Å². The van der Waals surface area contributed by atoms with Crippen molar-refractivity contribution in [3.8, 4) is 0 Å². The predicted octanol–water partition coefficient (Wildman–Crippen LogP) is 5.01. The number of aromatic nitrogens is 1. The summed E-state index contributed by atoms with van der Waals surface area (Å²) in [5.41, 5.74) is 1.88. The molecule has 23 heavy (non-hydrogen) atoms. The predicted molar refractivity (Wildman–Crippen MR) is 95.5 cm³/mol. The molecule has 1 atom stereocenters. The second-order valence-corrected chi connectivity index (χ2v) is 8.08. The normalized spacial score (nSPS) is 18.7. The Kier molecular flexibility index (Phi) is 4.17. The third kappa shape index (κ3) is 3.25. The zero-order valence-electron chi connectivity index (χ0n) is 14.1. The minimum absolute atomic E-state index is 0.0843. The minimum atomic E-state index is -0.464. The van der Waals surface area contributed by atoms with E-state index in [0.29, 0.717) is 0 Å². The molecule has 5 heteroatoms. The van der Waals surface area contributed by atoms with Gasteiger partial charge in [-0.3, -0.25) is 4.90 Å². The lowest BCUT2D eigenvalue weighted by atomic mass is 10.1. The van der Waals surface area contributed by atoms with E-state index in [1.165, 1.54) is 16.6 Å². The van der Waals surface area contributed by atoms with Crippen LogP contribution in [0, 0.1) is 0 Å². The van der Waals surface area contributed by atoms with Gasteiger partial charge in [0.1, 0.15) is 5.60 Å². The molecule has 0 aliphatic carbocycles. The number of ether oxygens (including phenoxy) is 1. The maximum Gasteiger partial charge on any atom is 0.410 e. The maximum absolute atomic E-state index is 12.5. The van der Waals surface area contributed by atoms with E-state index in [1.807, 2.05) is 31.7 Å². The number of benzene rings is 1. The fourth-order valence-electron chi connectivity index (χ4n) is 3.27. The van der Waals surface area contributed by atoms with Crippen LogP contribution >= 0.6 is 15.9 Å². The summed E-state index contributed by atoms with van der Waals surface area (Å²) < 4.78 is 8.83. The van der Waals surface area contributed by atoms with E-state index in [1.54, 1.807) is 0 Å². The van der Waals surface area contributed by atoms with Gasteiger partial charge in [-0.2, -0.15) is 0 Å². The molecule has 2 aromatic rings. The number of carbonyl (C=O) groups excluding carboxylic acids is 1. The quantitative estimate of drug-likeness (QED) is 0.698. The summed E-state index contributed by atoms with van der Waals surface area (Å²) in [6.45, 7) is 6.48. The van der Waals surface area contributed by atoms with Gasteiger partial charge in [0.2, 0.25) is 0 Å². The summed E-state index contributed by atoms with van der Waals surface area (Å²) in [6, 6.07) is 8.54. The first kappa shape index (κ1) is 16.4. The lowest BCUT2D eigenvalue weighted by Crippen LogP contribution is -2.36. The third-order valence-corrected chi connectivity index (χ3v) is 4.76. The van der Waals surface area contributed by atoms with Crippen molar-refractivity contribution in [2.75, 3.05) is 6.54 Å². The van der Waals surface area contributed by atoms with Crippen LogP contribution in [0.25, 0.3) is 10.9 Å². The molecular weight excluding hydrogens is 356 g/mol. The van der Waals surface area contributed by atoms with Gasteiger partial charge in [-0.1, -0.05) is 15.9 Å². The van der Waals surface area contributed by atoms with Crippen molar-refractivity contribution in [2.24, 2.45) is 7.05 Å². The number of nitrogens with zero attached hydrogens (tertiary/aromatic N) is 2. The molecule has 124 valence electrons. The largest absolute Gasteiger partial charge is 0.444 e. The van der Waals surface area contributed by atoms with Crippen molar-refractivity contribution < 1.29 is 9.53 Å². The maximum atomic E-state index is 12.5. The van der Waals surface area contributed by atoms with Gasteiger partial charge in [-0.15, -0.1) is 0 Å². The van der Waals surface area contributed by atoms with Crippen LogP contribution in [-0.2, 0) is 11.8 Å². The highest BCUT2D eigenvalue weighted by Gasteiger charge is 2.34. The zero-order valence-corrected chi connectivity index (χ0v) is 15.7. The lowest BCUT2D eigenvalue weighted by Gasteiger charge is -2.29. The van der Waals surface area contributed by atoms with Gasteiger partial charge in [0.05, 0.1) is 6.04 Å². The van der Waals surface area contributed by atoms with Crippen molar-refractivity contribution in [2.45, 2.75) is 45.3 Å². The molecule has 1 aliphatic rings. The number of hydrogen-bond acceptors (Lipinski definition) is 2. The zero-order chi connectivity index (χ0) is 16.8. The summed E-state index contributed by atoms with van der Waals surface area (Å²) in [5, 5.41) is 1.19. The molecule has 0 unspecified atom stereocenters. The van der Waals surface area contributed by atoms with E-state index in [4.69, 9.17) is 4.74 Å². The summed E-state index contributed by atoms with van der Waals surface area (Å²) in [5.74, 6) is 0. The Hall–Kier alpha value is -1.49. The molecule has 1 saturated heterocycles. The van der Waals surface area contributed by atoms with Crippen LogP contribution < -0.4 is 0 Å². The Bertz CT molecular complexity index is 745. The molecule has 1 aliphatic heterocycles. The molecule has 1 aromatic carbocycles. The van der Waals surface area contributed by atoms with Crippen molar-refractivity contribution in [1.82, 2.24) is 9.47 Å². The number of halogens is 1. The molecule has 1 fully saturated rings. The average molecular weight is 379 g/mol. The van der Waals surface area contributed by atoms with Gasteiger partial charge in [0.25, 0.3) is 0 Å². The smallest absolute Gasteiger partial charge is 0.410 e. The molecule has 3 rings (SSSR count). The number of aryl methyl sites for hydroxylation is 1. The van der Waals surface area contributed by atoms with Crippen molar-refractivity contribution in [3.05, 3.63) is 34.4 Å². The van der Waals surface area contributed by atoms with Gasteiger partial charge in [-0.05, 0) is 57.9 Å². The van der Waals surface area contributed by atoms with Gasteiger partial charge in [0.15, 0.2) is 0 Å². The molecule has 0 N–H and O–H groups in total. The molecule has 0 radical (unpaired) electrons. The van der Waals surface area contributed by atoms with E-state index in [0.717, 1.165) is 23.9 Å². The molecule has 1 amide bonds. The van der Waals surface area contributed by atoms with E-state index in [-0.39, 0.29) is 12.1 Å². The number of rotatable bonds is 1. The first-order valence-corrected chi connectivity index (χ1v) is 8.80. The van der Waals surface area contributed by atoms with Gasteiger partial charge >= 0.3 is 6.09 Å². The molecule has 2 heterocycles. The fourth-order valence-corrected chi connectivity index (χ4v) is 3.65. The van der Waals surface area contributed by atoms with Crippen LogP contribution in [0.3, 0.4) is 0 Å². The molecule has 0 saturated carbocycles. The van der Waals surface area contributed by atoms with E-state index >= 15 is 0 Å². The number of hydrogen-bond donors (Lipinski definition) is 0. The molecule has 0 bridgehead atoms. The molecule has 4 nitrogen and oxygen atoms in total. The Morgan fingerprint density at radius 1 is 1.30 bits per heavy atom. The lowest BCUT2D eigenvalue weighted by molar-refractivity contribution is 0.0220. The van der Waals surface area contributed by atoms with Crippen molar-refractivity contribution in [3.63, 3.8) is 0 Å². The summed E-state index contributed by atoms with van der Waals surface area (Å²) in [4.78, 5) is 14.4. The summed E-state index contributed by atoms with van der Waals surface area (Å²) in [7, 11) is 2.07. The van der Waals surface area contributed by atoms with Crippen LogP contribution in [0.1, 0.15) is 45.3 Å². The number of fused-ring (bicyclic) bond motifs is 1. The monoisotopic (exact) mass is 378 g/mol. The first-order valence-electron chi connectivity index (χ1n) is 8.01. The van der Waals surface area contributed by atoms with Crippen LogP contribution in [0.15, 0.2) is 28.7 Å². The fraction of sp³-hybridized carbons (Fsp3) is 0.500. The Morgan fingerprint density at radius 2 is 2.04 bits per heavy atom. The summed E-state index contributed by atoms with van der Waals surface area (Å²) >= 11 is 3.52. The standard InChI is InChI=1S/C18H23BrN2O2/c1-18(2,3)23-17(22)21-9-5-6-15(21)16-11-12-10-13(19)7-8-14(12)20(16)4/h7-8,10-11,15H,5-6,9H2,1-4H3/t15-/m1/s1. The highest BCUT2D eigenvalue weighted by molar-refractivity contribution is 9.10. The second kappa shape index (κ2) is 5.86. The SMILES string of the molecule is Cn1c([C@H]2CCCN2C(=O)OC(C)(C)C)cc2cc(Br)ccc21. The van der Waals surface area contributed by atoms with Gasteiger partial charge < -0.3 is 9.30 Å². The average Bonchev–Trinajstić information content (AvgIpc) is 3.01. The molecule has 0 spiro atoms. The number of likely N-dealkylation sites (tertiary alicyclic amines) is 1. The first-order chi connectivity index (χ1) is 10.8. The molecule has 1 aromatic heterocycles. The van der Waals surface area contributed by atoms with Gasteiger partial charge in [0, 0.05) is 34.7 Å². The Labute approximate surface area is 145 Å². The number of carbonyl (C=O) groups is 1. The van der Waals surface area contributed by atoms with Crippen LogP contribution in [-0.4, -0.2) is 27.7 Å². The minimum Gasteiger partial charge on any atom is -0.444 e. The van der Waals surface area contributed by atoms with E-state index in [2.05, 4.69) is 45.7 Å². The number of amides is 1. The van der Waals surface area contributed by atoms with Gasteiger partial charge in [-0.25, -0.2) is 4.79 Å². The van der Waals surface area contributed by atoms with E-state index in [9.17, 15) is 4.79 Å². The molecular formula is C18H23BrN2O2. The van der Waals surface area contributed by atoms with Crippen molar-refractivity contribution in [1.29, 1.82) is 0 Å². The Balaban J connectivity index is 1.94. The second-order valence-electron chi connectivity index (χ2n) is 7.16. The summed E-state index contributed by atoms with van der Waals surface area (Å²) in [6.07, 6.45) is 1.77.